The molecule has 0 saturated heterocycles. The Bertz CT molecular complexity index is 4650. The van der Waals surface area contributed by atoms with Gasteiger partial charge in [-0.3, -0.25) is 18.2 Å². The Kier molecular flexibility index (Phi) is 17.0. The average molecular weight is 1240 g/mol. The number of nitrogens with zero attached hydrogens (tertiary/aromatic N) is 10. The van der Waals surface area contributed by atoms with E-state index in [0.717, 1.165) is 28.9 Å². The first-order chi connectivity index (χ1) is 39.4. The molecule has 0 amide bonds. The number of carboxylic acid groups (broad SMARTS) is 1. The van der Waals surface area contributed by atoms with E-state index in [1.165, 1.54) is 81.4 Å². The van der Waals surface area contributed by atoms with E-state index in [0.29, 0.717) is 11.6 Å². The summed E-state index contributed by atoms with van der Waals surface area (Å²) in [5.41, 5.74) is -2.73. The molecule has 8 aromatic rings. The third-order valence-corrected chi connectivity index (χ3v) is 15.5. The quantitative estimate of drug-likeness (QED) is 0.0251. The summed E-state index contributed by atoms with van der Waals surface area (Å²) >= 11 is 0. The van der Waals surface area contributed by atoms with Crippen molar-refractivity contribution in [3.63, 3.8) is 0 Å². The molecule has 31 nitrogen and oxygen atoms in total. The summed E-state index contributed by atoms with van der Waals surface area (Å²) in [6.45, 7) is 2.77. The molecule has 84 heavy (non-hydrogen) atoms. The lowest BCUT2D eigenvalue weighted by Crippen LogP contribution is -2.04. The zero-order chi connectivity index (χ0) is 61.4. The summed E-state index contributed by atoms with van der Waals surface area (Å²) in [5.74, 6) is -4.29. The second kappa shape index (κ2) is 23.5. The molecule has 0 radical (unpaired) electrons. The van der Waals surface area contributed by atoms with Crippen LogP contribution in [0.2, 0.25) is 0 Å². The van der Waals surface area contributed by atoms with Gasteiger partial charge in [-0.1, -0.05) is 0 Å². The number of hydrogen-bond acceptors (Lipinski definition) is 25. The number of aromatic nitrogens is 2. The number of carbonyl (C=O) groups is 1. The average Bonchev–Trinajstić information content (AvgIpc) is 2.49. The van der Waals surface area contributed by atoms with Gasteiger partial charge in [0.15, 0.2) is 17.2 Å². The lowest BCUT2D eigenvalue weighted by molar-refractivity contribution is 0.0697. The Balaban J connectivity index is 1.11. The van der Waals surface area contributed by atoms with E-state index in [1.54, 1.807) is 0 Å². The van der Waals surface area contributed by atoms with Crippen molar-refractivity contribution in [3.05, 3.63) is 113 Å². The van der Waals surface area contributed by atoms with E-state index >= 15 is 0 Å². The minimum Gasteiger partial charge on any atom is -0.505 e. The number of aryl methyl sites for hydroxylation is 3. The van der Waals surface area contributed by atoms with Crippen LogP contribution in [0.4, 0.5) is 45.5 Å². The summed E-state index contributed by atoms with van der Waals surface area (Å²) < 4.78 is 150. The van der Waals surface area contributed by atoms with Gasteiger partial charge in [0.1, 0.15) is 62.9 Å². The van der Waals surface area contributed by atoms with Crippen molar-refractivity contribution in [3.8, 4) is 34.6 Å². The summed E-state index contributed by atoms with van der Waals surface area (Å²) in [6, 6.07) is 16.6. The van der Waals surface area contributed by atoms with Crippen LogP contribution in [-0.2, 0) is 40.5 Å². The Labute approximate surface area is 473 Å². The summed E-state index contributed by atoms with van der Waals surface area (Å²) in [4.78, 5) is 8.76. The van der Waals surface area contributed by atoms with E-state index < -0.39 is 114 Å². The molecule has 0 bridgehead atoms. The number of fused-ring (bicyclic) bond motifs is 2. The Morgan fingerprint density at radius 2 is 1.01 bits per heavy atom. The molecule has 1 aromatic heterocycles. The highest BCUT2D eigenvalue weighted by Crippen LogP contribution is 2.47. The number of aliphatic hydroxyl groups is 2. The number of ether oxygens (including phenoxy) is 2. The van der Waals surface area contributed by atoms with E-state index in [2.05, 4.69) is 46.0 Å². The minimum atomic E-state index is -5.24. The van der Waals surface area contributed by atoms with Crippen LogP contribution in [0.15, 0.2) is 151 Å². The standard InChI is InChI=1S/C49H42N10O21S4/c1-23-15-40(82(70,71)72)24(2)14-35(23)52-53-36-21-39(80-13-11-61)37(22-38(36)79-12-10-60)54-57-45-41(83(73,74)75)18-26-16-28(4-7-31(26)46(45)62)50-55-43-25(3)58-59(48(43)64)29-5-8-32-27(17-29)19-42(84(76,77)78)44(47(32)63)56-51-34-9-6-30(81(67,68)69)20-33(34)49(65)66/h4-9,14-22,60-64H,10-13H2,1-3H3,(H,65,66)(H,67,68,69)(H,70,71,72)(H,73,74,75)(H,76,77,78)/b53-52+,55-50+,56-51+,57-54+. The molecule has 0 aliphatic carbocycles. The summed E-state index contributed by atoms with van der Waals surface area (Å²) in [6.07, 6.45) is 0. The van der Waals surface area contributed by atoms with Crippen LogP contribution >= 0.6 is 0 Å². The van der Waals surface area contributed by atoms with E-state index in [1.807, 2.05) is 0 Å². The molecule has 0 atom stereocenters. The van der Waals surface area contributed by atoms with Crippen LogP contribution in [-0.4, -0.2) is 125 Å². The second-order valence-electron chi connectivity index (χ2n) is 17.6. The molecule has 8 rings (SSSR count). The topological polar surface area (TPSA) is 491 Å². The van der Waals surface area contributed by atoms with Crippen LogP contribution in [0, 0.1) is 20.8 Å². The molecule has 0 saturated carbocycles. The number of aromatic hydroxyl groups is 3. The van der Waals surface area contributed by atoms with E-state index in [4.69, 9.17) is 9.47 Å². The van der Waals surface area contributed by atoms with Crippen molar-refractivity contribution >= 4 is 113 Å². The molecule has 7 aromatic carbocycles. The van der Waals surface area contributed by atoms with Gasteiger partial charge in [0.25, 0.3) is 40.5 Å². The number of benzene rings is 7. The minimum absolute atomic E-state index is 0.0102. The molecule has 1 heterocycles. The molecule has 438 valence electrons. The Morgan fingerprint density at radius 1 is 0.512 bits per heavy atom. The second-order valence-corrected chi connectivity index (χ2v) is 23.2. The van der Waals surface area contributed by atoms with Crippen LogP contribution in [0.5, 0.6) is 28.9 Å². The SMILES string of the molecule is Cc1cc(S(=O)(=O)O)c(C)cc1/N=N/c1cc(OCCO)c(/N=N/c2c(S(=O)(=O)O)cc3cc(/N=N/c4c(C)nn(-c5ccc6c(O)c(/N=N/c7ccc(S(=O)(=O)O)cc7C(=O)O)c(S(=O)(=O)O)cc6c5)c4O)ccc3c2O)cc1OCCO. The fourth-order valence-electron chi connectivity index (χ4n) is 8.02. The van der Waals surface area contributed by atoms with Crippen molar-refractivity contribution in [2.45, 2.75) is 40.4 Å². The highest BCUT2D eigenvalue weighted by Gasteiger charge is 2.27. The van der Waals surface area contributed by atoms with Crippen molar-refractivity contribution in [1.82, 2.24) is 9.78 Å². The first-order valence-corrected chi connectivity index (χ1v) is 29.2. The number of phenols is 2. The molecule has 0 aliphatic rings. The molecular formula is C49H42N10O21S4. The van der Waals surface area contributed by atoms with Gasteiger partial charge in [0.2, 0.25) is 5.88 Å². The molecular weight excluding hydrogens is 1190 g/mol. The maximum atomic E-state index is 12.9. The van der Waals surface area contributed by atoms with Crippen LogP contribution in [0.1, 0.15) is 27.2 Å². The Hall–Kier alpha value is -9.30. The summed E-state index contributed by atoms with van der Waals surface area (Å²) in [7, 11) is -19.9. The third kappa shape index (κ3) is 13.0. The van der Waals surface area contributed by atoms with Gasteiger partial charge in [-0.2, -0.15) is 53.7 Å². The van der Waals surface area contributed by atoms with Gasteiger partial charge >= 0.3 is 5.97 Å². The van der Waals surface area contributed by atoms with E-state index in [9.17, 15) is 87.3 Å². The van der Waals surface area contributed by atoms with Gasteiger partial charge < -0.3 is 40.1 Å². The number of carboxylic acids is 1. The summed E-state index contributed by atoms with van der Waals surface area (Å²) in [5, 5.41) is 98.9. The largest absolute Gasteiger partial charge is 0.505 e. The maximum Gasteiger partial charge on any atom is 0.338 e. The number of aliphatic hydroxyl groups excluding tert-OH is 2. The smallest absolute Gasteiger partial charge is 0.338 e. The monoisotopic (exact) mass is 1230 g/mol. The highest BCUT2D eigenvalue weighted by molar-refractivity contribution is 7.86. The zero-order valence-corrected chi connectivity index (χ0v) is 46.3. The number of azo groups is 4. The van der Waals surface area contributed by atoms with Crippen LogP contribution < -0.4 is 9.47 Å². The molecule has 35 heteroatoms. The number of phenolic OH excluding ortho intramolecular Hbond substituents is 2. The Morgan fingerprint density at radius 3 is 1.54 bits per heavy atom. The normalized spacial score (nSPS) is 12.7. The molecule has 10 N–H and O–H groups in total. The predicted octanol–water partition coefficient (Wildman–Crippen LogP) is 9.31. The van der Waals surface area contributed by atoms with Gasteiger partial charge in [-0.25, -0.2) is 4.79 Å². The number of rotatable bonds is 20. The fourth-order valence-corrected chi connectivity index (χ4v) is 10.6. The van der Waals surface area contributed by atoms with Crippen molar-refractivity contribution < 1.29 is 96.8 Å². The lowest BCUT2D eigenvalue weighted by atomic mass is 10.1. The van der Waals surface area contributed by atoms with Gasteiger partial charge in [0, 0.05) is 22.9 Å². The van der Waals surface area contributed by atoms with Crippen LogP contribution in [0.25, 0.3) is 27.2 Å². The predicted molar refractivity (Wildman–Crippen MR) is 292 cm³/mol. The van der Waals surface area contributed by atoms with Crippen molar-refractivity contribution in [2.24, 2.45) is 40.9 Å². The first-order valence-electron chi connectivity index (χ1n) is 23.5. The molecule has 0 fully saturated rings. The van der Waals surface area contributed by atoms with Gasteiger partial charge in [0.05, 0.1) is 51.3 Å². The van der Waals surface area contributed by atoms with Crippen molar-refractivity contribution in [2.75, 3.05) is 26.4 Å². The maximum absolute atomic E-state index is 12.9. The molecule has 0 spiro atoms. The zero-order valence-electron chi connectivity index (χ0n) is 43.1. The lowest BCUT2D eigenvalue weighted by Gasteiger charge is -2.13. The number of hydrogen-bond donors (Lipinski definition) is 10. The van der Waals surface area contributed by atoms with Gasteiger partial charge in [-0.15, -0.1) is 30.7 Å². The fraction of sp³-hybridized carbons (Fsp3) is 0.143. The number of aromatic carboxylic acids is 1. The van der Waals surface area contributed by atoms with Gasteiger partial charge in [-0.05, 0) is 122 Å². The molecule has 0 aliphatic heterocycles. The third-order valence-electron chi connectivity index (χ3n) is 11.9. The molecule has 0 unspecified atom stereocenters. The van der Waals surface area contributed by atoms with Crippen molar-refractivity contribution in [1.29, 1.82) is 0 Å². The van der Waals surface area contributed by atoms with Crippen LogP contribution in [0.3, 0.4) is 0 Å². The van der Waals surface area contributed by atoms with E-state index in [-0.39, 0.29) is 96.5 Å². The highest BCUT2D eigenvalue weighted by atomic mass is 32.2. The first kappa shape index (κ1) is 60.8.